The molecule has 2 rings (SSSR count). The van der Waals surface area contributed by atoms with Gasteiger partial charge in [-0.2, -0.15) is 0 Å². The van der Waals surface area contributed by atoms with E-state index in [4.69, 9.17) is 0 Å². The zero-order chi connectivity index (χ0) is 15.7. The Balaban J connectivity index is 0.00000242. The summed E-state index contributed by atoms with van der Waals surface area (Å²) in [6.45, 7) is 14.2. The first-order valence-electron chi connectivity index (χ1n) is 8.18. The molecule has 0 saturated carbocycles. The van der Waals surface area contributed by atoms with Gasteiger partial charge in [-0.15, -0.1) is 0 Å². The van der Waals surface area contributed by atoms with Gasteiger partial charge in [0, 0.05) is 0 Å². The molecule has 3 heteroatoms. The van der Waals surface area contributed by atoms with E-state index in [9.17, 15) is 0 Å². The summed E-state index contributed by atoms with van der Waals surface area (Å²) in [4.78, 5) is 0. The van der Waals surface area contributed by atoms with Crippen LogP contribution < -0.4 is 0 Å². The predicted molar refractivity (Wildman–Crippen MR) is 94.7 cm³/mol. The van der Waals surface area contributed by atoms with Gasteiger partial charge in [0.2, 0.25) is 0 Å². The maximum atomic E-state index is 2.42. The summed E-state index contributed by atoms with van der Waals surface area (Å²) < 4.78 is 3.71. The Morgan fingerprint density at radius 2 is 1.09 bits per heavy atom. The number of halogens is 2. The predicted octanol–water partition coefficient (Wildman–Crippen LogP) is 6.67. The van der Waals surface area contributed by atoms with Gasteiger partial charge in [-0.05, 0) is 0 Å². The first kappa shape index (κ1) is 22.7. The van der Waals surface area contributed by atoms with Gasteiger partial charge in [0.1, 0.15) is 0 Å². The molecule has 0 fully saturated rings. The minimum atomic E-state index is -0.805. The molecule has 130 valence electrons. The van der Waals surface area contributed by atoms with Crippen LogP contribution in [0.1, 0.15) is 67.2 Å². The zero-order valence-corrected chi connectivity index (χ0v) is 19.0. The molecular formula is C20H32F2Hf. The third-order valence-corrected chi connectivity index (χ3v) is 9.74. The fraction of sp³-hybridized carbons (Fsp3) is 0.600. The maximum absolute atomic E-state index is 2.42. The van der Waals surface area contributed by atoms with Gasteiger partial charge in [0.25, 0.3) is 0 Å². The van der Waals surface area contributed by atoms with Crippen LogP contribution in [0.2, 0.25) is 0 Å². The van der Waals surface area contributed by atoms with Gasteiger partial charge in [-0.25, -0.2) is 0 Å². The summed E-state index contributed by atoms with van der Waals surface area (Å²) in [5, 5.41) is 0. The third kappa shape index (κ3) is 7.41. The van der Waals surface area contributed by atoms with Crippen LogP contribution in [-0.2, 0) is 22.9 Å². The molecule has 0 heterocycles. The molecule has 0 N–H and O–H groups in total. The largest absolute Gasteiger partial charge is 0.269 e. The van der Waals surface area contributed by atoms with Crippen molar-refractivity contribution in [2.24, 2.45) is 10.8 Å². The molecule has 2 aliphatic rings. The van der Waals surface area contributed by atoms with E-state index in [2.05, 4.69) is 65.8 Å². The summed E-state index contributed by atoms with van der Waals surface area (Å²) in [5.74, 6) is 0. The summed E-state index contributed by atoms with van der Waals surface area (Å²) >= 11 is -0.805. The Bertz CT molecular complexity index is 475. The number of allylic oxidation sites excluding steroid dienone is 8. The van der Waals surface area contributed by atoms with E-state index in [1.54, 1.807) is 11.1 Å². The van der Waals surface area contributed by atoms with Crippen molar-refractivity contribution in [3.05, 3.63) is 42.1 Å². The minimum absolute atomic E-state index is 0. The van der Waals surface area contributed by atoms with E-state index in [0.29, 0.717) is 10.8 Å². The summed E-state index contributed by atoms with van der Waals surface area (Å²) in [5.41, 5.74) is 4.19. The molecule has 2 aliphatic carbocycles. The second kappa shape index (κ2) is 8.69. The normalized spacial score (nSPS) is 17.5. The first-order valence-corrected chi connectivity index (χ1v) is 11.8. The molecule has 0 radical (unpaired) electrons. The van der Waals surface area contributed by atoms with Crippen LogP contribution in [0.15, 0.2) is 42.1 Å². The van der Waals surface area contributed by atoms with Gasteiger partial charge < -0.3 is 0 Å². The van der Waals surface area contributed by atoms with Gasteiger partial charge in [0.05, 0.1) is 0 Å². The van der Waals surface area contributed by atoms with E-state index in [0.717, 1.165) is 0 Å². The number of rotatable bonds is 4. The Morgan fingerprint density at radius 1 is 0.739 bits per heavy atom. The fourth-order valence-corrected chi connectivity index (χ4v) is 8.30. The minimum Gasteiger partial charge on any atom is -0.269 e. The molecule has 0 amide bonds. The summed E-state index contributed by atoms with van der Waals surface area (Å²) in [6, 6.07) is 0. The van der Waals surface area contributed by atoms with E-state index in [-0.39, 0.29) is 9.41 Å². The van der Waals surface area contributed by atoms with Crippen molar-refractivity contribution in [2.45, 2.75) is 67.2 Å². The molecule has 0 aromatic rings. The van der Waals surface area contributed by atoms with Crippen LogP contribution in [0.3, 0.4) is 0 Å². The number of hydrogen-bond acceptors (Lipinski definition) is 0. The average Bonchev–Trinajstić information content (AvgIpc) is 2.86. The summed E-state index contributed by atoms with van der Waals surface area (Å²) in [7, 11) is 0. The monoisotopic (exact) mass is 490 g/mol. The Morgan fingerprint density at radius 3 is 1.39 bits per heavy atom. The average molecular weight is 489 g/mol. The smallest absolute Gasteiger partial charge is 0.269 e. The van der Waals surface area contributed by atoms with E-state index < -0.39 is 22.9 Å². The number of hydrogen-bond donors (Lipinski definition) is 0. The van der Waals surface area contributed by atoms with Crippen LogP contribution >= 0.6 is 0 Å². The Labute approximate surface area is 152 Å². The van der Waals surface area contributed by atoms with Crippen molar-refractivity contribution in [3.63, 3.8) is 0 Å². The van der Waals surface area contributed by atoms with Gasteiger partial charge in [0.15, 0.2) is 0 Å². The molecule has 0 bridgehead atoms. The second-order valence-electron chi connectivity index (χ2n) is 8.82. The van der Waals surface area contributed by atoms with Crippen LogP contribution in [0.25, 0.3) is 0 Å². The van der Waals surface area contributed by atoms with Gasteiger partial charge >= 0.3 is 143 Å². The molecule has 0 aromatic carbocycles. The topological polar surface area (TPSA) is 0 Å². The van der Waals surface area contributed by atoms with Crippen molar-refractivity contribution < 1.29 is 32.3 Å². The van der Waals surface area contributed by atoms with Crippen molar-refractivity contribution in [3.8, 4) is 0 Å². The van der Waals surface area contributed by atoms with Crippen LogP contribution in [0, 0.1) is 10.8 Å². The van der Waals surface area contributed by atoms with Crippen LogP contribution in [0.4, 0.5) is 9.41 Å². The van der Waals surface area contributed by atoms with E-state index in [1.807, 2.05) is 6.66 Å². The standard InChI is InChI=1S/2C10H15.2FH.Hf/c2*1-10(2,3)8-9-6-4-5-7-9;;;/h2*4,6H,5,8H2,1-3H3;2*1H;. The molecule has 0 spiro atoms. The molecule has 0 nitrogen and oxygen atoms in total. The molecule has 23 heavy (non-hydrogen) atoms. The molecule has 0 atom stereocenters. The summed E-state index contributed by atoms with van der Waals surface area (Å²) in [6.07, 6.45) is 14.6. The maximum Gasteiger partial charge on any atom is -0.269 e. The quantitative estimate of drug-likeness (QED) is 0.387. The SMILES string of the molecule is CC(C)(C)CC1=[C]([Hf][C]2=C(CC(C)(C)C)C=CC2)CC=C1.F.F. The molecular weight excluding hydrogens is 457 g/mol. The van der Waals surface area contributed by atoms with Crippen LogP contribution in [-0.4, -0.2) is 0 Å². The second-order valence-corrected chi connectivity index (χ2v) is 14.1. The third-order valence-electron chi connectivity index (χ3n) is 3.80. The van der Waals surface area contributed by atoms with E-state index in [1.165, 1.54) is 25.7 Å². The van der Waals surface area contributed by atoms with Crippen molar-refractivity contribution >= 4 is 0 Å². The Kier molecular flexibility index (Phi) is 8.57. The van der Waals surface area contributed by atoms with Crippen molar-refractivity contribution in [1.29, 1.82) is 0 Å². The zero-order valence-electron chi connectivity index (χ0n) is 15.5. The first-order chi connectivity index (χ1) is 9.64. The van der Waals surface area contributed by atoms with Crippen molar-refractivity contribution in [1.82, 2.24) is 0 Å². The molecule has 0 saturated heterocycles. The van der Waals surface area contributed by atoms with Gasteiger partial charge in [-0.3, -0.25) is 9.41 Å². The molecule has 0 aliphatic heterocycles. The molecule has 0 aromatic heterocycles. The van der Waals surface area contributed by atoms with Gasteiger partial charge in [-0.1, -0.05) is 0 Å². The fourth-order valence-electron chi connectivity index (χ4n) is 3.02. The van der Waals surface area contributed by atoms with Crippen molar-refractivity contribution in [2.75, 3.05) is 0 Å². The van der Waals surface area contributed by atoms with E-state index >= 15 is 0 Å². The Hall–Kier alpha value is -0.310. The van der Waals surface area contributed by atoms with Crippen LogP contribution in [0.5, 0.6) is 0 Å². The molecule has 0 unspecified atom stereocenters.